The van der Waals surface area contributed by atoms with Crippen LogP contribution in [-0.4, -0.2) is 5.11 Å². The lowest BCUT2D eigenvalue weighted by molar-refractivity contribution is 0.0575. The van der Waals surface area contributed by atoms with Crippen LogP contribution in [0.25, 0.3) is 0 Å². The van der Waals surface area contributed by atoms with Crippen LogP contribution in [0.15, 0.2) is 53.0 Å². The molecule has 0 saturated heterocycles. The molecule has 0 aromatic heterocycles. The number of halogens is 1. The average molecular weight is 305 g/mol. The fourth-order valence-electron chi connectivity index (χ4n) is 2.15. The summed E-state index contributed by atoms with van der Waals surface area (Å²) < 4.78 is 0.990. The third-order valence-corrected chi connectivity index (χ3v) is 3.57. The predicted octanol–water partition coefficient (Wildman–Crippen LogP) is 4.21. The van der Waals surface area contributed by atoms with Gasteiger partial charge in [0, 0.05) is 10.9 Å². The Kier molecular flexibility index (Phi) is 3.88. The molecule has 2 rings (SSSR count). The number of benzene rings is 2. The molecule has 2 aromatic rings. The zero-order valence-corrected chi connectivity index (χ0v) is 12.2. The van der Waals surface area contributed by atoms with Gasteiger partial charge in [-0.1, -0.05) is 57.9 Å². The summed E-state index contributed by atoms with van der Waals surface area (Å²) in [6.07, 6.45) is 0.616. The fraction of sp³-hybridized carbons (Fsp3) is 0.250. The fourth-order valence-corrected chi connectivity index (χ4v) is 2.54. The lowest BCUT2D eigenvalue weighted by Crippen LogP contribution is -2.24. The van der Waals surface area contributed by atoms with Gasteiger partial charge in [0.1, 0.15) is 0 Å². The van der Waals surface area contributed by atoms with Gasteiger partial charge in [-0.05, 0) is 37.1 Å². The molecule has 2 aromatic carbocycles. The van der Waals surface area contributed by atoms with Crippen LogP contribution in [-0.2, 0) is 12.0 Å². The van der Waals surface area contributed by atoms with Crippen LogP contribution in [0.3, 0.4) is 0 Å². The summed E-state index contributed by atoms with van der Waals surface area (Å²) >= 11 is 3.44. The standard InChI is InChI=1S/C16H17BrO/c1-12-5-3-6-13(9-12)11-16(2,18)14-7-4-8-15(17)10-14/h3-10,18H,11H2,1-2H3. The minimum atomic E-state index is -0.850. The molecule has 0 fully saturated rings. The zero-order valence-electron chi connectivity index (χ0n) is 10.7. The van der Waals surface area contributed by atoms with Crippen molar-refractivity contribution in [2.24, 2.45) is 0 Å². The third-order valence-electron chi connectivity index (χ3n) is 3.08. The molecule has 18 heavy (non-hydrogen) atoms. The second kappa shape index (κ2) is 5.25. The highest BCUT2D eigenvalue weighted by Crippen LogP contribution is 2.27. The van der Waals surface area contributed by atoms with Gasteiger partial charge in [-0.2, -0.15) is 0 Å². The number of rotatable bonds is 3. The Morgan fingerprint density at radius 1 is 1.11 bits per heavy atom. The van der Waals surface area contributed by atoms with Gasteiger partial charge in [0.25, 0.3) is 0 Å². The van der Waals surface area contributed by atoms with E-state index in [1.54, 1.807) is 0 Å². The minimum absolute atomic E-state index is 0.616. The summed E-state index contributed by atoms with van der Waals surface area (Å²) in [6.45, 7) is 3.93. The van der Waals surface area contributed by atoms with Crippen molar-refractivity contribution in [1.82, 2.24) is 0 Å². The quantitative estimate of drug-likeness (QED) is 0.900. The van der Waals surface area contributed by atoms with Crippen molar-refractivity contribution in [3.05, 3.63) is 69.7 Å². The smallest absolute Gasteiger partial charge is 0.0909 e. The van der Waals surface area contributed by atoms with Gasteiger partial charge in [0.2, 0.25) is 0 Å². The van der Waals surface area contributed by atoms with Gasteiger partial charge < -0.3 is 5.11 Å². The maximum Gasteiger partial charge on any atom is 0.0909 e. The highest BCUT2D eigenvalue weighted by atomic mass is 79.9. The first kappa shape index (κ1) is 13.3. The van der Waals surface area contributed by atoms with Gasteiger partial charge in [-0.15, -0.1) is 0 Å². The summed E-state index contributed by atoms with van der Waals surface area (Å²) in [6, 6.07) is 16.1. The van der Waals surface area contributed by atoms with Crippen molar-refractivity contribution in [1.29, 1.82) is 0 Å². The van der Waals surface area contributed by atoms with Crippen molar-refractivity contribution in [3.8, 4) is 0 Å². The maximum atomic E-state index is 10.6. The Morgan fingerprint density at radius 2 is 1.83 bits per heavy atom. The van der Waals surface area contributed by atoms with E-state index in [0.717, 1.165) is 15.6 Å². The molecule has 1 atom stereocenters. The molecule has 0 aliphatic rings. The lowest BCUT2D eigenvalue weighted by atomic mass is 9.89. The Bertz CT molecular complexity index is 546. The highest BCUT2D eigenvalue weighted by Gasteiger charge is 2.23. The molecule has 0 radical (unpaired) electrons. The van der Waals surface area contributed by atoms with Gasteiger partial charge >= 0.3 is 0 Å². The SMILES string of the molecule is Cc1cccc(CC(C)(O)c2cccc(Br)c2)c1. The van der Waals surface area contributed by atoms with Crippen LogP contribution in [0.2, 0.25) is 0 Å². The minimum Gasteiger partial charge on any atom is -0.385 e. The first-order valence-electron chi connectivity index (χ1n) is 6.01. The van der Waals surface area contributed by atoms with E-state index in [2.05, 4.69) is 41.1 Å². The van der Waals surface area contributed by atoms with Gasteiger partial charge in [-0.25, -0.2) is 0 Å². The third kappa shape index (κ3) is 3.21. The van der Waals surface area contributed by atoms with Crippen molar-refractivity contribution in [2.45, 2.75) is 25.9 Å². The van der Waals surface area contributed by atoms with Crippen molar-refractivity contribution < 1.29 is 5.11 Å². The largest absolute Gasteiger partial charge is 0.385 e. The van der Waals surface area contributed by atoms with Gasteiger partial charge in [0.15, 0.2) is 0 Å². The Morgan fingerprint density at radius 3 is 2.50 bits per heavy atom. The molecule has 0 amide bonds. The molecule has 2 heteroatoms. The molecule has 0 spiro atoms. The molecule has 1 nitrogen and oxygen atoms in total. The number of hydrogen-bond donors (Lipinski definition) is 1. The van der Waals surface area contributed by atoms with Crippen LogP contribution in [0.1, 0.15) is 23.6 Å². The zero-order chi connectivity index (χ0) is 13.2. The summed E-state index contributed by atoms with van der Waals surface area (Å²) in [5.74, 6) is 0. The molecule has 1 unspecified atom stereocenters. The van der Waals surface area contributed by atoms with Crippen LogP contribution < -0.4 is 0 Å². The molecule has 0 heterocycles. The summed E-state index contributed by atoms with van der Waals surface area (Å²) in [7, 11) is 0. The van der Waals surface area contributed by atoms with E-state index in [1.165, 1.54) is 5.56 Å². The Hall–Kier alpha value is -1.12. The lowest BCUT2D eigenvalue weighted by Gasteiger charge is -2.24. The first-order valence-corrected chi connectivity index (χ1v) is 6.81. The van der Waals surface area contributed by atoms with E-state index < -0.39 is 5.60 Å². The molecule has 0 aliphatic heterocycles. The van der Waals surface area contributed by atoms with E-state index in [1.807, 2.05) is 37.3 Å². The van der Waals surface area contributed by atoms with Crippen LogP contribution in [0.5, 0.6) is 0 Å². The molecule has 0 bridgehead atoms. The van der Waals surface area contributed by atoms with E-state index in [0.29, 0.717) is 6.42 Å². The van der Waals surface area contributed by atoms with E-state index in [9.17, 15) is 5.11 Å². The normalized spacial score (nSPS) is 14.2. The van der Waals surface area contributed by atoms with Gasteiger partial charge in [-0.3, -0.25) is 0 Å². The summed E-state index contributed by atoms with van der Waals surface area (Å²) in [5, 5.41) is 10.6. The molecule has 0 saturated carbocycles. The molecule has 94 valence electrons. The maximum absolute atomic E-state index is 10.6. The topological polar surface area (TPSA) is 20.2 Å². The van der Waals surface area contributed by atoms with E-state index in [-0.39, 0.29) is 0 Å². The molecular weight excluding hydrogens is 288 g/mol. The first-order chi connectivity index (χ1) is 8.47. The number of aryl methyl sites for hydroxylation is 1. The Labute approximate surface area is 117 Å². The van der Waals surface area contributed by atoms with Crippen LogP contribution >= 0.6 is 15.9 Å². The van der Waals surface area contributed by atoms with E-state index >= 15 is 0 Å². The monoisotopic (exact) mass is 304 g/mol. The van der Waals surface area contributed by atoms with Crippen LogP contribution in [0.4, 0.5) is 0 Å². The summed E-state index contributed by atoms with van der Waals surface area (Å²) in [4.78, 5) is 0. The highest BCUT2D eigenvalue weighted by molar-refractivity contribution is 9.10. The van der Waals surface area contributed by atoms with Gasteiger partial charge in [0.05, 0.1) is 5.60 Å². The molecule has 1 N–H and O–H groups in total. The predicted molar refractivity (Wildman–Crippen MR) is 78.6 cm³/mol. The second-order valence-electron chi connectivity index (χ2n) is 4.95. The average Bonchev–Trinajstić information content (AvgIpc) is 2.28. The summed E-state index contributed by atoms with van der Waals surface area (Å²) in [5.41, 5.74) is 2.45. The van der Waals surface area contributed by atoms with Crippen molar-refractivity contribution in [3.63, 3.8) is 0 Å². The van der Waals surface area contributed by atoms with Crippen molar-refractivity contribution >= 4 is 15.9 Å². The van der Waals surface area contributed by atoms with E-state index in [4.69, 9.17) is 0 Å². The number of hydrogen-bond acceptors (Lipinski definition) is 1. The molecule has 0 aliphatic carbocycles. The van der Waals surface area contributed by atoms with Crippen molar-refractivity contribution in [2.75, 3.05) is 0 Å². The second-order valence-corrected chi connectivity index (χ2v) is 5.87. The molecular formula is C16H17BrO. The van der Waals surface area contributed by atoms with Crippen LogP contribution in [0, 0.1) is 6.92 Å². The number of aliphatic hydroxyl groups is 1. The Balaban J connectivity index is 2.26.